The van der Waals surface area contributed by atoms with Gasteiger partial charge in [0, 0.05) is 18.3 Å². The number of hydrogen-bond acceptors (Lipinski definition) is 3. The lowest BCUT2D eigenvalue weighted by Gasteiger charge is -2.24. The lowest BCUT2D eigenvalue weighted by Crippen LogP contribution is -2.37. The number of nitrogens with zero attached hydrogens (tertiary/aromatic N) is 1. The molecule has 1 fully saturated rings. The zero-order valence-corrected chi connectivity index (χ0v) is 11.0. The maximum atomic E-state index is 13.2. The smallest absolute Gasteiger partial charge is 0.257 e. The third-order valence-electron chi connectivity index (χ3n) is 3.19. The van der Waals surface area contributed by atoms with Crippen molar-refractivity contribution in [3.05, 3.63) is 29.6 Å². The van der Waals surface area contributed by atoms with Crippen LogP contribution in [0.4, 0.5) is 4.39 Å². The number of carbonyl (C=O) groups is 1. The highest BCUT2D eigenvalue weighted by atomic mass is 32.2. The van der Waals surface area contributed by atoms with E-state index in [4.69, 9.17) is 0 Å². The van der Waals surface area contributed by atoms with Crippen LogP contribution in [-0.4, -0.2) is 40.5 Å². The van der Waals surface area contributed by atoms with Crippen molar-refractivity contribution >= 4 is 17.7 Å². The van der Waals surface area contributed by atoms with Crippen LogP contribution in [0.3, 0.4) is 0 Å². The highest BCUT2D eigenvalue weighted by molar-refractivity contribution is 7.98. The molecule has 0 unspecified atom stereocenters. The summed E-state index contributed by atoms with van der Waals surface area (Å²) < 4.78 is 13.2. The molecule has 5 heteroatoms. The van der Waals surface area contributed by atoms with Gasteiger partial charge >= 0.3 is 0 Å². The summed E-state index contributed by atoms with van der Waals surface area (Å²) in [6.45, 7) is 0.681. The van der Waals surface area contributed by atoms with Gasteiger partial charge in [-0.25, -0.2) is 4.39 Å². The molecular formula is C13H16FNO2S. The Morgan fingerprint density at radius 1 is 1.61 bits per heavy atom. The molecule has 18 heavy (non-hydrogen) atoms. The molecule has 0 bridgehead atoms. The third kappa shape index (κ3) is 2.61. The van der Waals surface area contributed by atoms with Crippen LogP contribution >= 0.6 is 11.8 Å². The van der Waals surface area contributed by atoms with E-state index in [9.17, 15) is 14.3 Å². The fraction of sp³-hybridized carbons (Fsp3) is 0.462. The summed E-state index contributed by atoms with van der Waals surface area (Å²) in [5.41, 5.74) is 0.0583. The first-order valence-corrected chi connectivity index (χ1v) is 7.31. The number of amides is 1. The van der Waals surface area contributed by atoms with E-state index in [1.165, 1.54) is 6.07 Å². The molecule has 1 saturated heterocycles. The Bertz CT molecular complexity index is 453. The predicted octanol–water partition coefficient (Wildman–Crippen LogP) is 2.50. The van der Waals surface area contributed by atoms with Crippen LogP contribution in [0.5, 0.6) is 5.75 Å². The Hall–Kier alpha value is -1.23. The summed E-state index contributed by atoms with van der Waals surface area (Å²) in [5, 5.41) is 9.66. The van der Waals surface area contributed by atoms with Crippen molar-refractivity contribution < 1.29 is 14.3 Å². The monoisotopic (exact) mass is 269 g/mol. The van der Waals surface area contributed by atoms with Crippen LogP contribution in [0, 0.1) is 5.82 Å². The molecular weight excluding hydrogens is 253 g/mol. The summed E-state index contributed by atoms with van der Waals surface area (Å²) in [6, 6.07) is 3.67. The summed E-state index contributed by atoms with van der Waals surface area (Å²) in [5.74, 6) is -0.0570. The van der Waals surface area contributed by atoms with E-state index in [1.807, 2.05) is 6.26 Å². The molecule has 2 rings (SSSR count). The second-order valence-electron chi connectivity index (χ2n) is 4.41. The molecule has 1 heterocycles. The predicted molar refractivity (Wildman–Crippen MR) is 70.5 cm³/mol. The van der Waals surface area contributed by atoms with Crippen molar-refractivity contribution in [3.63, 3.8) is 0 Å². The van der Waals surface area contributed by atoms with Gasteiger partial charge in [-0.3, -0.25) is 4.79 Å². The number of carbonyl (C=O) groups excluding carboxylic acids is 1. The Kier molecular flexibility index (Phi) is 4.11. The summed E-state index contributed by atoms with van der Waals surface area (Å²) in [7, 11) is 0. The average Bonchev–Trinajstić information content (AvgIpc) is 2.80. The zero-order chi connectivity index (χ0) is 13.1. The van der Waals surface area contributed by atoms with Gasteiger partial charge in [-0.05, 0) is 37.3 Å². The Morgan fingerprint density at radius 3 is 3.11 bits per heavy atom. The van der Waals surface area contributed by atoms with Crippen molar-refractivity contribution in [1.29, 1.82) is 0 Å². The van der Waals surface area contributed by atoms with Crippen molar-refractivity contribution in [2.24, 2.45) is 0 Å². The van der Waals surface area contributed by atoms with E-state index in [0.717, 1.165) is 30.7 Å². The van der Waals surface area contributed by atoms with Crippen LogP contribution in [0.2, 0.25) is 0 Å². The van der Waals surface area contributed by atoms with E-state index < -0.39 is 5.82 Å². The fourth-order valence-electron chi connectivity index (χ4n) is 2.30. The minimum absolute atomic E-state index is 0.0583. The molecule has 1 amide bonds. The molecule has 1 atom stereocenters. The number of phenolic OH excluding ortho intramolecular Hbond substituents is 1. The van der Waals surface area contributed by atoms with Crippen LogP contribution < -0.4 is 0 Å². The zero-order valence-electron chi connectivity index (χ0n) is 10.2. The van der Waals surface area contributed by atoms with Crippen LogP contribution in [0.1, 0.15) is 23.2 Å². The van der Waals surface area contributed by atoms with Crippen molar-refractivity contribution in [3.8, 4) is 5.75 Å². The molecule has 0 spiro atoms. The number of phenols is 1. The quantitative estimate of drug-likeness (QED) is 0.916. The maximum Gasteiger partial charge on any atom is 0.257 e. The van der Waals surface area contributed by atoms with E-state index in [1.54, 1.807) is 16.7 Å². The number of rotatable bonds is 3. The molecule has 98 valence electrons. The minimum atomic E-state index is -0.503. The van der Waals surface area contributed by atoms with Crippen LogP contribution in [0.25, 0.3) is 0 Å². The molecule has 1 aromatic rings. The normalized spacial score (nSPS) is 19.2. The van der Waals surface area contributed by atoms with Gasteiger partial charge in [-0.2, -0.15) is 11.8 Å². The maximum absolute atomic E-state index is 13.2. The van der Waals surface area contributed by atoms with Gasteiger partial charge in [-0.1, -0.05) is 0 Å². The topological polar surface area (TPSA) is 40.5 Å². The van der Waals surface area contributed by atoms with Gasteiger partial charge in [0.1, 0.15) is 11.6 Å². The van der Waals surface area contributed by atoms with Crippen LogP contribution in [0.15, 0.2) is 18.2 Å². The second kappa shape index (κ2) is 5.61. The highest BCUT2D eigenvalue weighted by Crippen LogP contribution is 2.26. The standard InChI is InChI=1S/C13H16FNO2S/c1-18-8-10-3-2-6-15(10)13(17)11-7-9(14)4-5-12(11)16/h4-5,7,10,16H,2-3,6,8H2,1H3/t10-/m1/s1. The second-order valence-corrected chi connectivity index (χ2v) is 5.32. The van der Waals surface area contributed by atoms with Crippen molar-refractivity contribution in [1.82, 2.24) is 4.90 Å². The molecule has 1 aliphatic heterocycles. The largest absolute Gasteiger partial charge is 0.507 e. The molecule has 1 aromatic carbocycles. The van der Waals surface area contributed by atoms with Gasteiger partial charge in [0.05, 0.1) is 5.56 Å². The first-order valence-electron chi connectivity index (χ1n) is 5.92. The van der Waals surface area contributed by atoms with Crippen molar-refractivity contribution in [2.75, 3.05) is 18.6 Å². The number of halogens is 1. The molecule has 0 aromatic heterocycles. The fourth-order valence-corrected chi connectivity index (χ4v) is 3.03. The van der Waals surface area contributed by atoms with E-state index in [2.05, 4.69) is 0 Å². The first kappa shape index (κ1) is 13.2. The molecule has 0 aliphatic carbocycles. The Labute approximate surface area is 110 Å². The summed E-state index contributed by atoms with van der Waals surface area (Å²) >= 11 is 1.69. The van der Waals surface area contributed by atoms with Gasteiger partial charge in [-0.15, -0.1) is 0 Å². The number of hydrogen-bond donors (Lipinski definition) is 1. The first-order chi connectivity index (χ1) is 8.63. The van der Waals surface area contributed by atoms with E-state index in [0.29, 0.717) is 6.54 Å². The molecule has 0 radical (unpaired) electrons. The highest BCUT2D eigenvalue weighted by Gasteiger charge is 2.30. The van der Waals surface area contributed by atoms with Gasteiger partial charge < -0.3 is 10.0 Å². The number of benzene rings is 1. The van der Waals surface area contributed by atoms with Gasteiger partial charge in [0.15, 0.2) is 0 Å². The third-order valence-corrected chi connectivity index (χ3v) is 3.90. The SMILES string of the molecule is CSC[C@H]1CCCN1C(=O)c1cc(F)ccc1O. The molecule has 3 nitrogen and oxygen atoms in total. The number of likely N-dealkylation sites (tertiary alicyclic amines) is 1. The lowest BCUT2D eigenvalue weighted by molar-refractivity contribution is 0.0746. The Morgan fingerprint density at radius 2 is 2.39 bits per heavy atom. The average molecular weight is 269 g/mol. The Balaban J connectivity index is 2.22. The summed E-state index contributed by atoms with van der Waals surface area (Å²) in [4.78, 5) is 14.0. The van der Waals surface area contributed by atoms with E-state index in [-0.39, 0.29) is 23.3 Å². The van der Waals surface area contributed by atoms with E-state index >= 15 is 0 Å². The minimum Gasteiger partial charge on any atom is -0.507 e. The molecule has 1 N–H and O–H groups in total. The van der Waals surface area contributed by atoms with Gasteiger partial charge in [0.2, 0.25) is 0 Å². The molecule has 1 aliphatic rings. The molecule has 0 saturated carbocycles. The number of aromatic hydroxyl groups is 1. The summed E-state index contributed by atoms with van der Waals surface area (Å²) in [6.07, 6.45) is 3.94. The van der Waals surface area contributed by atoms with Crippen molar-refractivity contribution in [2.45, 2.75) is 18.9 Å². The number of thioether (sulfide) groups is 1. The van der Waals surface area contributed by atoms with Crippen LogP contribution in [-0.2, 0) is 0 Å². The van der Waals surface area contributed by atoms with Gasteiger partial charge in [0.25, 0.3) is 5.91 Å². The lowest BCUT2D eigenvalue weighted by atomic mass is 10.1.